The molecule has 8 nitrogen and oxygen atoms in total. The molecule has 3 rings (SSSR count). The second kappa shape index (κ2) is 8.99. The van der Waals surface area contributed by atoms with Crippen molar-refractivity contribution in [1.82, 2.24) is 15.1 Å². The van der Waals surface area contributed by atoms with Gasteiger partial charge in [0, 0.05) is 25.3 Å². The number of hydrogen-bond donors (Lipinski definition) is 2. The normalized spacial score (nSPS) is 18.0. The molecular weight excluding hydrogens is 396 g/mol. The standard InChI is InChI=1S/C23H26N4O4/c1-4-14-23(17-8-6-5-7-9-17)21(30)27(22(31)25-23)15-19(28)24-18-12-10-16(11-13-18)20(29)26(2)3/h5-13H,4,14-15H2,1-3H3,(H,24,28)(H,25,31)/t23-/m1/s1. The quantitative estimate of drug-likeness (QED) is 0.670. The predicted molar refractivity (Wildman–Crippen MR) is 116 cm³/mol. The van der Waals surface area contributed by atoms with Crippen molar-refractivity contribution in [1.29, 1.82) is 0 Å². The van der Waals surface area contributed by atoms with Gasteiger partial charge >= 0.3 is 6.03 Å². The van der Waals surface area contributed by atoms with Crippen LogP contribution < -0.4 is 10.6 Å². The van der Waals surface area contributed by atoms with Crippen molar-refractivity contribution in [2.75, 3.05) is 26.0 Å². The molecule has 5 amide bonds. The van der Waals surface area contributed by atoms with Crippen LogP contribution in [0.3, 0.4) is 0 Å². The average Bonchev–Trinajstić information content (AvgIpc) is 2.99. The molecule has 31 heavy (non-hydrogen) atoms. The van der Waals surface area contributed by atoms with E-state index >= 15 is 0 Å². The lowest BCUT2D eigenvalue weighted by Crippen LogP contribution is -2.44. The Labute approximate surface area is 181 Å². The van der Waals surface area contributed by atoms with Gasteiger partial charge in [-0.25, -0.2) is 4.79 Å². The first kappa shape index (κ1) is 22.0. The molecule has 0 bridgehead atoms. The number of amides is 5. The van der Waals surface area contributed by atoms with Gasteiger partial charge in [0.15, 0.2) is 0 Å². The number of nitrogens with zero attached hydrogens (tertiary/aromatic N) is 2. The molecule has 0 spiro atoms. The van der Waals surface area contributed by atoms with Crippen LogP contribution in [0.1, 0.15) is 35.7 Å². The van der Waals surface area contributed by atoms with Crippen LogP contribution >= 0.6 is 0 Å². The Hall–Kier alpha value is -3.68. The smallest absolute Gasteiger partial charge is 0.325 e. The van der Waals surface area contributed by atoms with Gasteiger partial charge in [-0.1, -0.05) is 43.7 Å². The molecule has 2 aromatic rings. The molecule has 0 radical (unpaired) electrons. The lowest BCUT2D eigenvalue weighted by molar-refractivity contribution is -0.134. The second-order valence-electron chi connectivity index (χ2n) is 7.67. The van der Waals surface area contributed by atoms with E-state index in [2.05, 4.69) is 10.6 Å². The van der Waals surface area contributed by atoms with Gasteiger partial charge < -0.3 is 15.5 Å². The molecule has 2 N–H and O–H groups in total. The first-order chi connectivity index (χ1) is 14.8. The summed E-state index contributed by atoms with van der Waals surface area (Å²) in [5, 5.41) is 5.47. The summed E-state index contributed by atoms with van der Waals surface area (Å²) in [6.45, 7) is 1.53. The van der Waals surface area contributed by atoms with Gasteiger partial charge in [-0.05, 0) is 36.2 Å². The molecule has 1 heterocycles. The van der Waals surface area contributed by atoms with E-state index in [4.69, 9.17) is 0 Å². The van der Waals surface area contributed by atoms with Crippen molar-refractivity contribution < 1.29 is 19.2 Å². The van der Waals surface area contributed by atoms with Gasteiger partial charge in [0.05, 0.1) is 0 Å². The molecule has 1 aliphatic heterocycles. The zero-order valence-electron chi connectivity index (χ0n) is 17.8. The van der Waals surface area contributed by atoms with Gasteiger partial charge in [0.25, 0.3) is 11.8 Å². The maximum Gasteiger partial charge on any atom is 0.325 e. The third-order valence-electron chi connectivity index (χ3n) is 5.19. The van der Waals surface area contributed by atoms with E-state index in [9.17, 15) is 19.2 Å². The monoisotopic (exact) mass is 422 g/mol. The first-order valence-electron chi connectivity index (χ1n) is 10.1. The van der Waals surface area contributed by atoms with Gasteiger partial charge in [0.1, 0.15) is 12.1 Å². The minimum Gasteiger partial charge on any atom is -0.345 e. The van der Waals surface area contributed by atoms with Gasteiger partial charge in [-0.3, -0.25) is 19.3 Å². The van der Waals surface area contributed by atoms with Crippen LogP contribution in [-0.2, 0) is 15.1 Å². The molecule has 162 valence electrons. The van der Waals surface area contributed by atoms with Crippen LogP contribution in [0.4, 0.5) is 10.5 Å². The summed E-state index contributed by atoms with van der Waals surface area (Å²) in [5.74, 6) is -1.09. The molecule has 1 aliphatic rings. The van der Waals surface area contributed by atoms with E-state index in [0.717, 1.165) is 4.90 Å². The Morgan fingerprint density at radius 3 is 2.26 bits per heavy atom. The van der Waals surface area contributed by atoms with E-state index in [1.54, 1.807) is 50.5 Å². The van der Waals surface area contributed by atoms with Crippen LogP contribution in [0.5, 0.6) is 0 Å². The molecule has 0 saturated carbocycles. The zero-order chi connectivity index (χ0) is 22.6. The highest BCUT2D eigenvalue weighted by molar-refractivity contribution is 6.10. The fourth-order valence-electron chi connectivity index (χ4n) is 3.68. The van der Waals surface area contributed by atoms with Crippen molar-refractivity contribution in [3.05, 3.63) is 65.7 Å². The zero-order valence-corrected chi connectivity index (χ0v) is 17.8. The first-order valence-corrected chi connectivity index (χ1v) is 10.1. The molecule has 0 aliphatic carbocycles. The second-order valence-corrected chi connectivity index (χ2v) is 7.67. The Kier molecular flexibility index (Phi) is 6.39. The van der Waals surface area contributed by atoms with Crippen LogP contribution in [0.25, 0.3) is 0 Å². The maximum atomic E-state index is 13.2. The summed E-state index contributed by atoms with van der Waals surface area (Å²) < 4.78 is 0. The number of benzene rings is 2. The van der Waals surface area contributed by atoms with E-state index in [1.807, 2.05) is 25.1 Å². The SMILES string of the molecule is CCC[C@]1(c2ccccc2)NC(=O)N(CC(=O)Nc2ccc(C(=O)N(C)C)cc2)C1=O. The topological polar surface area (TPSA) is 98.8 Å². The number of nitrogens with one attached hydrogen (secondary N) is 2. The number of carbonyl (C=O) groups is 4. The van der Waals surface area contributed by atoms with Gasteiger partial charge in [-0.2, -0.15) is 0 Å². The Balaban J connectivity index is 1.72. The highest BCUT2D eigenvalue weighted by Crippen LogP contribution is 2.33. The lowest BCUT2D eigenvalue weighted by Gasteiger charge is -2.26. The lowest BCUT2D eigenvalue weighted by atomic mass is 9.85. The summed E-state index contributed by atoms with van der Waals surface area (Å²) in [5.41, 5.74) is 0.487. The highest BCUT2D eigenvalue weighted by atomic mass is 16.2. The minimum absolute atomic E-state index is 0.148. The average molecular weight is 422 g/mol. The number of anilines is 1. The minimum atomic E-state index is -1.17. The van der Waals surface area contributed by atoms with Crippen molar-refractivity contribution >= 4 is 29.4 Å². The van der Waals surface area contributed by atoms with Crippen molar-refractivity contribution in [2.45, 2.75) is 25.3 Å². The Morgan fingerprint density at radius 2 is 1.68 bits per heavy atom. The van der Waals surface area contributed by atoms with Crippen LogP contribution in [0.15, 0.2) is 54.6 Å². The molecule has 1 atom stereocenters. The highest BCUT2D eigenvalue weighted by Gasteiger charge is 2.52. The maximum absolute atomic E-state index is 13.2. The Morgan fingerprint density at radius 1 is 1.03 bits per heavy atom. The molecule has 1 fully saturated rings. The summed E-state index contributed by atoms with van der Waals surface area (Å²) >= 11 is 0. The molecule has 0 unspecified atom stereocenters. The molecule has 2 aromatic carbocycles. The van der Waals surface area contributed by atoms with Crippen LogP contribution in [-0.4, -0.2) is 54.2 Å². The third-order valence-corrected chi connectivity index (χ3v) is 5.19. The summed E-state index contributed by atoms with van der Waals surface area (Å²) in [4.78, 5) is 52.7. The fourth-order valence-corrected chi connectivity index (χ4v) is 3.68. The largest absolute Gasteiger partial charge is 0.345 e. The van der Waals surface area contributed by atoms with Crippen LogP contribution in [0, 0.1) is 0 Å². The third kappa shape index (κ3) is 4.42. The van der Waals surface area contributed by atoms with Crippen molar-refractivity contribution in [2.24, 2.45) is 0 Å². The number of imide groups is 1. The summed E-state index contributed by atoms with van der Waals surface area (Å²) in [7, 11) is 3.31. The molecule has 8 heteroatoms. The number of carbonyl (C=O) groups excluding carboxylic acids is 4. The predicted octanol–water partition coefficient (Wildman–Crippen LogP) is 2.57. The summed E-state index contributed by atoms with van der Waals surface area (Å²) in [6, 6.07) is 14.9. The van der Waals surface area contributed by atoms with E-state index < -0.39 is 29.9 Å². The van der Waals surface area contributed by atoms with E-state index in [0.29, 0.717) is 29.7 Å². The number of urea groups is 1. The fraction of sp³-hybridized carbons (Fsp3) is 0.304. The van der Waals surface area contributed by atoms with Crippen molar-refractivity contribution in [3.63, 3.8) is 0 Å². The van der Waals surface area contributed by atoms with E-state index in [-0.39, 0.29) is 5.91 Å². The van der Waals surface area contributed by atoms with Crippen molar-refractivity contribution in [3.8, 4) is 0 Å². The van der Waals surface area contributed by atoms with Crippen LogP contribution in [0.2, 0.25) is 0 Å². The summed E-state index contributed by atoms with van der Waals surface area (Å²) in [6.07, 6.45) is 1.11. The molecular formula is C23H26N4O4. The molecule has 1 saturated heterocycles. The molecule has 0 aromatic heterocycles. The van der Waals surface area contributed by atoms with E-state index in [1.165, 1.54) is 4.90 Å². The van der Waals surface area contributed by atoms with Gasteiger partial charge in [-0.15, -0.1) is 0 Å². The number of rotatable bonds is 7. The van der Waals surface area contributed by atoms with Gasteiger partial charge in [0.2, 0.25) is 5.91 Å². The Bertz CT molecular complexity index is 988. The number of hydrogen-bond acceptors (Lipinski definition) is 4.